The molecule has 0 aromatic carbocycles. The SMILES string of the molecule is C#CCCOCn1cc(F)c(=O)[nH]c1=O. The highest BCUT2D eigenvalue weighted by atomic mass is 19.1. The summed E-state index contributed by atoms with van der Waals surface area (Å²) in [6, 6.07) is 0. The zero-order chi connectivity index (χ0) is 11.3. The van der Waals surface area contributed by atoms with Crippen LogP contribution in [0.1, 0.15) is 6.42 Å². The second-order valence-corrected chi connectivity index (χ2v) is 2.70. The van der Waals surface area contributed by atoms with Crippen LogP contribution in [0.15, 0.2) is 15.8 Å². The smallest absolute Gasteiger partial charge is 0.330 e. The largest absolute Gasteiger partial charge is 0.360 e. The number of hydrogen-bond donors (Lipinski definition) is 1. The van der Waals surface area contributed by atoms with Crippen molar-refractivity contribution < 1.29 is 9.13 Å². The van der Waals surface area contributed by atoms with Gasteiger partial charge in [0, 0.05) is 6.42 Å². The van der Waals surface area contributed by atoms with Gasteiger partial charge in [0.1, 0.15) is 6.73 Å². The average molecular weight is 212 g/mol. The van der Waals surface area contributed by atoms with E-state index in [1.54, 1.807) is 4.98 Å². The van der Waals surface area contributed by atoms with Crippen LogP contribution in [0, 0.1) is 18.2 Å². The molecule has 5 nitrogen and oxygen atoms in total. The monoisotopic (exact) mass is 212 g/mol. The first-order chi connectivity index (χ1) is 7.15. The third-order valence-corrected chi connectivity index (χ3v) is 1.59. The first kappa shape index (κ1) is 11.2. The highest BCUT2D eigenvalue weighted by molar-refractivity contribution is 4.86. The minimum atomic E-state index is -1.04. The van der Waals surface area contributed by atoms with Crippen molar-refractivity contribution in [3.8, 4) is 12.3 Å². The number of aromatic nitrogens is 2. The Morgan fingerprint density at radius 1 is 1.60 bits per heavy atom. The molecule has 1 N–H and O–H groups in total. The predicted octanol–water partition coefficient (Wildman–Crippen LogP) is -0.327. The normalized spacial score (nSPS) is 9.87. The van der Waals surface area contributed by atoms with E-state index in [1.807, 2.05) is 0 Å². The van der Waals surface area contributed by atoms with Crippen molar-refractivity contribution >= 4 is 0 Å². The first-order valence-corrected chi connectivity index (χ1v) is 4.15. The van der Waals surface area contributed by atoms with Gasteiger partial charge in [-0.2, -0.15) is 4.39 Å². The van der Waals surface area contributed by atoms with Gasteiger partial charge in [-0.3, -0.25) is 14.3 Å². The quantitative estimate of drug-likeness (QED) is 0.549. The van der Waals surface area contributed by atoms with Crippen LogP contribution in [0.2, 0.25) is 0 Å². The second kappa shape index (κ2) is 5.12. The van der Waals surface area contributed by atoms with Crippen LogP contribution in [0.25, 0.3) is 0 Å². The van der Waals surface area contributed by atoms with Crippen LogP contribution in [-0.4, -0.2) is 16.2 Å². The summed E-state index contributed by atoms with van der Waals surface area (Å²) in [5, 5.41) is 0. The van der Waals surface area contributed by atoms with Gasteiger partial charge in [0.15, 0.2) is 0 Å². The molecular weight excluding hydrogens is 203 g/mol. The molecule has 1 rings (SSSR count). The summed E-state index contributed by atoms with van der Waals surface area (Å²) in [5.41, 5.74) is -1.76. The predicted molar refractivity (Wildman–Crippen MR) is 50.7 cm³/mol. The van der Waals surface area contributed by atoms with Gasteiger partial charge in [0.2, 0.25) is 5.82 Å². The lowest BCUT2D eigenvalue weighted by molar-refractivity contribution is 0.0773. The summed E-state index contributed by atoms with van der Waals surface area (Å²) in [6.45, 7) is 0.123. The van der Waals surface area contributed by atoms with E-state index in [-0.39, 0.29) is 13.3 Å². The molecule has 1 aromatic rings. The maximum Gasteiger partial charge on any atom is 0.330 e. The maximum absolute atomic E-state index is 12.7. The van der Waals surface area contributed by atoms with Gasteiger partial charge >= 0.3 is 5.69 Å². The van der Waals surface area contributed by atoms with Crippen LogP contribution in [0.5, 0.6) is 0 Å². The molecule has 0 aliphatic carbocycles. The minimum Gasteiger partial charge on any atom is -0.360 e. The summed E-state index contributed by atoms with van der Waals surface area (Å²) >= 11 is 0. The van der Waals surface area contributed by atoms with Crippen LogP contribution in [-0.2, 0) is 11.5 Å². The fraction of sp³-hybridized carbons (Fsp3) is 0.333. The molecule has 0 atom stereocenters. The van der Waals surface area contributed by atoms with E-state index in [4.69, 9.17) is 11.2 Å². The third-order valence-electron chi connectivity index (χ3n) is 1.59. The van der Waals surface area contributed by atoms with Crippen LogP contribution >= 0.6 is 0 Å². The Kier molecular flexibility index (Phi) is 3.83. The van der Waals surface area contributed by atoms with E-state index in [1.165, 1.54) is 0 Å². The van der Waals surface area contributed by atoms with E-state index in [0.717, 1.165) is 10.8 Å². The molecule has 0 amide bonds. The molecule has 0 saturated heterocycles. The van der Waals surface area contributed by atoms with Gasteiger partial charge in [0.25, 0.3) is 5.56 Å². The topological polar surface area (TPSA) is 64.1 Å². The lowest BCUT2D eigenvalue weighted by atomic mass is 10.5. The molecular formula is C9H9FN2O3. The number of rotatable bonds is 4. The summed E-state index contributed by atoms with van der Waals surface area (Å²) in [6.07, 6.45) is 6.17. The Hall–Kier alpha value is -1.87. The summed E-state index contributed by atoms with van der Waals surface area (Å²) in [5.74, 6) is 1.31. The Morgan fingerprint density at radius 2 is 2.33 bits per heavy atom. The van der Waals surface area contributed by atoms with E-state index in [2.05, 4.69) is 5.92 Å². The van der Waals surface area contributed by atoms with Gasteiger partial charge in [-0.15, -0.1) is 12.3 Å². The molecule has 0 bridgehead atoms. The molecule has 0 spiro atoms. The van der Waals surface area contributed by atoms with Crippen molar-refractivity contribution in [2.45, 2.75) is 13.2 Å². The molecule has 0 saturated carbocycles. The molecule has 80 valence electrons. The zero-order valence-corrected chi connectivity index (χ0v) is 7.83. The standard InChI is InChI=1S/C9H9FN2O3/c1-2-3-4-15-6-12-5-7(10)8(13)11-9(12)14/h1,5H,3-4,6H2,(H,11,13,14). The zero-order valence-electron chi connectivity index (χ0n) is 7.83. The van der Waals surface area contributed by atoms with E-state index in [0.29, 0.717) is 6.42 Å². The van der Waals surface area contributed by atoms with Crippen molar-refractivity contribution in [3.05, 3.63) is 32.9 Å². The molecule has 0 aliphatic heterocycles. The number of halogens is 1. The van der Waals surface area contributed by atoms with Gasteiger partial charge < -0.3 is 4.74 Å². The van der Waals surface area contributed by atoms with Crippen molar-refractivity contribution in [2.75, 3.05) is 6.61 Å². The van der Waals surface area contributed by atoms with Crippen LogP contribution < -0.4 is 11.2 Å². The van der Waals surface area contributed by atoms with Gasteiger partial charge in [-0.1, -0.05) is 0 Å². The number of H-pyrrole nitrogens is 1. The molecule has 1 heterocycles. The molecule has 15 heavy (non-hydrogen) atoms. The molecule has 6 heteroatoms. The summed E-state index contributed by atoms with van der Waals surface area (Å²) in [7, 11) is 0. The Bertz CT molecular complexity index is 483. The molecule has 0 unspecified atom stereocenters. The lowest BCUT2D eigenvalue weighted by Gasteiger charge is -2.04. The number of hydrogen-bond acceptors (Lipinski definition) is 3. The molecule has 0 aliphatic rings. The third kappa shape index (κ3) is 3.07. The average Bonchev–Trinajstić information content (AvgIpc) is 2.20. The Morgan fingerprint density at radius 3 is 3.00 bits per heavy atom. The van der Waals surface area contributed by atoms with Crippen molar-refractivity contribution in [1.29, 1.82) is 0 Å². The van der Waals surface area contributed by atoms with Gasteiger partial charge in [-0.25, -0.2) is 4.79 Å². The molecule has 0 radical (unpaired) electrons. The molecule has 0 fully saturated rings. The highest BCUT2D eigenvalue weighted by Crippen LogP contribution is 1.87. The summed E-state index contributed by atoms with van der Waals surface area (Å²) < 4.78 is 18.6. The lowest BCUT2D eigenvalue weighted by Crippen LogP contribution is -2.32. The van der Waals surface area contributed by atoms with Crippen molar-refractivity contribution in [1.82, 2.24) is 9.55 Å². The maximum atomic E-state index is 12.7. The number of aromatic amines is 1. The fourth-order valence-electron chi connectivity index (χ4n) is 0.873. The Balaban J connectivity index is 2.71. The van der Waals surface area contributed by atoms with E-state index >= 15 is 0 Å². The van der Waals surface area contributed by atoms with Crippen molar-refractivity contribution in [2.24, 2.45) is 0 Å². The van der Waals surface area contributed by atoms with Crippen molar-refractivity contribution in [3.63, 3.8) is 0 Å². The van der Waals surface area contributed by atoms with Crippen LogP contribution in [0.3, 0.4) is 0 Å². The highest BCUT2D eigenvalue weighted by Gasteiger charge is 2.02. The number of ether oxygens (including phenoxy) is 1. The number of nitrogens with one attached hydrogen (secondary N) is 1. The first-order valence-electron chi connectivity index (χ1n) is 4.15. The minimum absolute atomic E-state index is 0.145. The molecule has 1 aromatic heterocycles. The van der Waals surface area contributed by atoms with E-state index < -0.39 is 17.1 Å². The van der Waals surface area contributed by atoms with Gasteiger partial charge in [0.05, 0.1) is 12.8 Å². The summed E-state index contributed by atoms with van der Waals surface area (Å²) in [4.78, 5) is 23.5. The number of terminal acetylenes is 1. The second-order valence-electron chi connectivity index (χ2n) is 2.70. The fourth-order valence-corrected chi connectivity index (χ4v) is 0.873. The number of nitrogens with zero attached hydrogens (tertiary/aromatic N) is 1. The Labute approximate surface area is 84.5 Å². The van der Waals surface area contributed by atoms with E-state index in [9.17, 15) is 14.0 Å². The van der Waals surface area contributed by atoms with Crippen LogP contribution in [0.4, 0.5) is 4.39 Å². The van der Waals surface area contributed by atoms with Gasteiger partial charge in [-0.05, 0) is 0 Å².